The van der Waals surface area contributed by atoms with Crippen LogP contribution in [0.25, 0.3) is 16.7 Å². The molecule has 35 heavy (non-hydrogen) atoms. The molecule has 2 aromatic carbocycles. The number of hydrogen-bond acceptors (Lipinski definition) is 0. The Morgan fingerprint density at radius 2 is 1.54 bits per heavy atom. The Balaban J connectivity index is 1.29. The first-order chi connectivity index (χ1) is 17.3. The van der Waals surface area contributed by atoms with E-state index in [2.05, 4.69) is 67.6 Å². The van der Waals surface area contributed by atoms with Crippen molar-refractivity contribution in [2.45, 2.75) is 63.7 Å². The Kier molecular flexibility index (Phi) is 3.79. The van der Waals surface area contributed by atoms with Crippen LogP contribution in [0.5, 0.6) is 0 Å². The quantitative estimate of drug-likeness (QED) is 0.373. The molecule has 0 nitrogen and oxygen atoms in total. The second-order valence-electron chi connectivity index (χ2n) is 12.6. The zero-order chi connectivity index (χ0) is 22.8. The molecule has 0 bridgehead atoms. The normalized spacial score (nSPS) is 36.9. The predicted molar refractivity (Wildman–Crippen MR) is 145 cm³/mol. The second-order valence-corrected chi connectivity index (χ2v) is 12.6. The fourth-order valence-electron chi connectivity index (χ4n) is 10.2. The third kappa shape index (κ3) is 2.35. The van der Waals surface area contributed by atoms with Gasteiger partial charge in [0.2, 0.25) is 0 Å². The smallest absolute Gasteiger partial charge is 0.00499 e. The monoisotopic (exact) mass is 454 g/mol. The molecule has 7 aliphatic carbocycles. The van der Waals surface area contributed by atoms with Gasteiger partial charge in [-0.3, -0.25) is 0 Å². The van der Waals surface area contributed by atoms with Crippen LogP contribution >= 0.6 is 0 Å². The lowest BCUT2D eigenvalue weighted by Gasteiger charge is -2.56. The average Bonchev–Trinajstić information content (AvgIpc) is 2.92. The fraction of sp³-hybridized carbons (Fsp3) is 0.429. The Morgan fingerprint density at radius 1 is 0.743 bits per heavy atom. The summed E-state index contributed by atoms with van der Waals surface area (Å²) >= 11 is 0. The molecule has 0 amide bonds. The van der Waals surface area contributed by atoms with Gasteiger partial charge in [0.15, 0.2) is 0 Å². The Hall–Kier alpha value is -2.60. The van der Waals surface area contributed by atoms with E-state index < -0.39 is 0 Å². The molecule has 7 atom stereocenters. The van der Waals surface area contributed by atoms with Crippen molar-refractivity contribution < 1.29 is 0 Å². The van der Waals surface area contributed by atoms with E-state index in [0.29, 0.717) is 5.92 Å². The van der Waals surface area contributed by atoms with Gasteiger partial charge in [-0.25, -0.2) is 0 Å². The summed E-state index contributed by atoms with van der Waals surface area (Å²) in [6.45, 7) is 2.53. The van der Waals surface area contributed by atoms with E-state index >= 15 is 0 Å². The summed E-state index contributed by atoms with van der Waals surface area (Å²) in [6.07, 6.45) is 19.4. The van der Waals surface area contributed by atoms with Gasteiger partial charge in [-0.15, -0.1) is 0 Å². The van der Waals surface area contributed by atoms with Gasteiger partial charge in [0.25, 0.3) is 0 Å². The summed E-state index contributed by atoms with van der Waals surface area (Å²) in [5, 5.41) is 0. The molecule has 0 radical (unpaired) electrons. The van der Waals surface area contributed by atoms with Crippen molar-refractivity contribution in [3.63, 3.8) is 0 Å². The molecule has 1 fully saturated rings. The van der Waals surface area contributed by atoms with Gasteiger partial charge in [-0.05, 0) is 142 Å². The van der Waals surface area contributed by atoms with E-state index in [1.165, 1.54) is 44.9 Å². The van der Waals surface area contributed by atoms with Gasteiger partial charge in [0, 0.05) is 0 Å². The highest BCUT2D eigenvalue weighted by molar-refractivity contribution is 5.88. The van der Waals surface area contributed by atoms with E-state index in [1.54, 1.807) is 50.1 Å². The third-order valence-electron chi connectivity index (χ3n) is 11.5. The summed E-state index contributed by atoms with van der Waals surface area (Å²) in [4.78, 5) is 0. The molecule has 0 heterocycles. The zero-order valence-corrected chi connectivity index (χ0v) is 20.8. The topological polar surface area (TPSA) is 0 Å². The summed E-state index contributed by atoms with van der Waals surface area (Å²) in [6, 6.07) is 14.4. The van der Waals surface area contributed by atoms with Crippen LogP contribution in [0.15, 0.2) is 66.3 Å². The van der Waals surface area contributed by atoms with Crippen LogP contribution in [0.1, 0.15) is 90.7 Å². The first-order valence-corrected chi connectivity index (χ1v) is 14.4. The van der Waals surface area contributed by atoms with E-state index in [9.17, 15) is 0 Å². The van der Waals surface area contributed by atoms with Crippen molar-refractivity contribution in [2.75, 3.05) is 0 Å². The number of hydrogen-bond donors (Lipinski definition) is 0. The Morgan fingerprint density at radius 3 is 2.49 bits per heavy atom. The lowest BCUT2D eigenvalue weighted by Crippen LogP contribution is -2.46. The molecular weight excluding hydrogens is 420 g/mol. The molecule has 0 spiro atoms. The van der Waals surface area contributed by atoms with E-state index in [0.717, 1.165) is 35.5 Å². The maximum Gasteiger partial charge on any atom is -0.00499 e. The SMILES string of the molecule is CC1C2=C(CCC=C2)c2ccc3c4c2C1CCC4C1CCC2Cc4ccccc4C4=CC=C3C1C42. The molecule has 7 aliphatic rings. The zero-order valence-electron chi connectivity index (χ0n) is 20.8. The van der Waals surface area contributed by atoms with Gasteiger partial charge in [0.05, 0.1) is 0 Å². The van der Waals surface area contributed by atoms with Crippen molar-refractivity contribution in [1.82, 2.24) is 0 Å². The second kappa shape index (κ2) is 6.78. The minimum absolute atomic E-state index is 0.677. The Labute approximate surface area is 209 Å². The predicted octanol–water partition coefficient (Wildman–Crippen LogP) is 8.71. The molecule has 9 rings (SSSR count). The molecule has 0 heteroatoms. The number of benzene rings is 2. The average molecular weight is 455 g/mol. The number of fused-ring (bicyclic) bond motifs is 5. The first kappa shape index (κ1) is 19.6. The van der Waals surface area contributed by atoms with Crippen molar-refractivity contribution in [1.29, 1.82) is 0 Å². The molecule has 0 aromatic heterocycles. The lowest BCUT2D eigenvalue weighted by molar-refractivity contribution is 0.126. The Bertz CT molecular complexity index is 1420. The minimum atomic E-state index is 0.677. The lowest BCUT2D eigenvalue weighted by atomic mass is 9.47. The highest BCUT2D eigenvalue weighted by atomic mass is 14.6. The molecule has 7 unspecified atom stereocenters. The maximum atomic E-state index is 2.58. The van der Waals surface area contributed by atoms with Gasteiger partial charge in [0.1, 0.15) is 0 Å². The van der Waals surface area contributed by atoms with Gasteiger partial charge < -0.3 is 0 Å². The summed E-state index contributed by atoms with van der Waals surface area (Å²) in [7, 11) is 0. The summed E-state index contributed by atoms with van der Waals surface area (Å²) in [5.41, 5.74) is 16.8. The molecule has 0 N–H and O–H groups in total. The highest BCUT2D eigenvalue weighted by Gasteiger charge is 2.54. The molecule has 1 saturated carbocycles. The van der Waals surface area contributed by atoms with Crippen LogP contribution in [-0.2, 0) is 6.42 Å². The van der Waals surface area contributed by atoms with Crippen LogP contribution in [0, 0.1) is 29.6 Å². The third-order valence-corrected chi connectivity index (χ3v) is 11.5. The van der Waals surface area contributed by atoms with E-state index in [1.807, 2.05) is 5.56 Å². The number of rotatable bonds is 0. The van der Waals surface area contributed by atoms with Crippen LogP contribution in [0.4, 0.5) is 0 Å². The largest absolute Gasteiger partial charge is 0.0839 e. The van der Waals surface area contributed by atoms with Crippen LogP contribution in [0.3, 0.4) is 0 Å². The van der Waals surface area contributed by atoms with Crippen molar-refractivity contribution in [2.24, 2.45) is 29.6 Å². The first-order valence-electron chi connectivity index (χ1n) is 14.4. The van der Waals surface area contributed by atoms with Crippen molar-refractivity contribution in [3.8, 4) is 0 Å². The van der Waals surface area contributed by atoms with Gasteiger partial charge in [-0.2, -0.15) is 0 Å². The summed E-state index contributed by atoms with van der Waals surface area (Å²) in [5.74, 6) is 5.33. The van der Waals surface area contributed by atoms with E-state index in [-0.39, 0.29) is 0 Å². The summed E-state index contributed by atoms with van der Waals surface area (Å²) < 4.78 is 0. The van der Waals surface area contributed by atoms with Gasteiger partial charge in [-0.1, -0.05) is 67.6 Å². The van der Waals surface area contributed by atoms with Crippen molar-refractivity contribution in [3.05, 3.63) is 99.7 Å². The highest BCUT2D eigenvalue weighted by Crippen LogP contribution is 2.66. The van der Waals surface area contributed by atoms with Gasteiger partial charge >= 0.3 is 0 Å². The van der Waals surface area contributed by atoms with Crippen LogP contribution in [-0.4, -0.2) is 0 Å². The van der Waals surface area contributed by atoms with E-state index in [4.69, 9.17) is 0 Å². The molecular formula is C35H34. The molecule has 0 saturated heterocycles. The maximum absolute atomic E-state index is 2.58. The number of allylic oxidation sites excluding steroid dienone is 8. The standard InChI is InChI=1S/C35H34/c1-19-22-7-4-5-9-25(22)27-15-17-31-29-16-14-26-24-8-3-2-6-20(24)18-21-10-11-28(34(29)32(21)26)30-13-12-23(19)33(27)35(30)31/h2-4,6-8,14-17,19,21,23,28,30,32,34H,5,9-13,18H2,1H3. The van der Waals surface area contributed by atoms with Crippen molar-refractivity contribution >= 4 is 16.7 Å². The van der Waals surface area contributed by atoms with Crippen LogP contribution in [0.2, 0.25) is 0 Å². The molecule has 0 aliphatic heterocycles. The van der Waals surface area contributed by atoms with Crippen LogP contribution < -0.4 is 0 Å². The molecule has 2 aromatic rings. The minimum Gasteiger partial charge on any atom is -0.0839 e. The fourth-order valence-corrected chi connectivity index (χ4v) is 10.2. The molecule has 174 valence electrons.